The quantitative estimate of drug-likeness (QED) is 0.818. The molecule has 2 unspecified atom stereocenters. The second-order valence-corrected chi connectivity index (χ2v) is 5.50. The highest BCUT2D eigenvalue weighted by molar-refractivity contribution is 5.79. The van der Waals surface area contributed by atoms with Gasteiger partial charge in [0.25, 0.3) is 0 Å². The Bertz CT molecular complexity index is 405. The normalized spacial score (nSPS) is 40.2. The van der Waals surface area contributed by atoms with E-state index in [0.29, 0.717) is 17.5 Å². The second-order valence-electron chi connectivity index (χ2n) is 5.50. The van der Waals surface area contributed by atoms with E-state index in [4.69, 9.17) is 4.74 Å². The maximum Gasteiger partial charge on any atom is 0.327 e. The van der Waals surface area contributed by atoms with E-state index in [1.807, 2.05) is 0 Å². The Morgan fingerprint density at radius 1 is 1.56 bits per heavy atom. The van der Waals surface area contributed by atoms with Crippen LogP contribution in [0, 0.1) is 11.8 Å². The van der Waals surface area contributed by atoms with Gasteiger partial charge in [-0.2, -0.15) is 0 Å². The lowest BCUT2D eigenvalue weighted by Gasteiger charge is -2.32. The van der Waals surface area contributed by atoms with Crippen molar-refractivity contribution in [3.05, 3.63) is 24.6 Å². The van der Waals surface area contributed by atoms with Crippen LogP contribution < -0.4 is 5.32 Å². The molecule has 0 aliphatic carbocycles. The highest BCUT2D eigenvalue weighted by Crippen LogP contribution is 2.43. The molecule has 1 saturated heterocycles. The third-order valence-electron chi connectivity index (χ3n) is 4.51. The van der Waals surface area contributed by atoms with Crippen molar-refractivity contribution in [1.82, 2.24) is 10.2 Å². The highest BCUT2D eigenvalue weighted by atomic mass is 16.5. The van der Waals surface area contributed by atoms with E-state index in [1.165, 1.54) is 0 Å². The summed E-state index contributed by atoms with van der Waals surface area (Å²) in [5.74, 6) is 0.718. The zero-order chi connectivity index (χ0) is 13.5. The maximum absolute atomic E-state index is 12.0. The predicted octanol–water partition coefficient (Wildman–Crippen LogP) is 2.84. The van der Waals surface area contributed by atoms with Crippen molar-refractivity contribution in [2.24, 2.45) is 11.8 Å². The van der Waals surface area contributed by atoms with Gasteiger partial charge in [0, 0.05) is 17.8 Å². The minimum Gasteiger partial charge on any atom is -0.351 e. The first-order chi connectivity index (χ1) is 8.39. The minimum absolute atomic E-state index is 0.160. The van der Waals surface area contributed by atoms with E-state index >= 15 is 0 Å². The van der Waals surface area contributed by atoms with E-state index in [9.17, 15) is 4.79 Å². The molecule has 2 amide bonds. The lowest BCUT2D eigenvalue weighted by atomic mass is 9.82. The fraction of sp³-hybridized carbons (Fsp3) is 0.643. The van der Waals surface area contributed by atoms with Crippen LogP contribution in [0.3, 0.4) is 0 Å². The van der Waals surface area contributed by atoms with E-state index in [2.05, 4.69) is 39.6 Å². The van der Waals surface area contributed by atoms with E-state index in [-0.39, 0.29) is 17.9 Å². The molecular weight excluding hydrogens is 228 g/mol. The summed E-state index contributed by atoms with van der Waals surface area (Å²) in [5.41, 5.74) is 0.459. The number of rotatable bonds is 2. The summed E-state index contributed by atoms with van der Waals surface area (Å²) in [6.07, 6.45) is 4.30. The predicted molar refractivity (Wildman–Crippen MR) is 70.5 cm³/mol. The molecule has 100 valence electrons. The Morgan fingerprint density at radius 2 is 2.22 bits per heavy atom. The van der Waals surface area contributed by atoms with Crippen molar-refractivity contribution < 1.29 is 9.53 Å². The lowest BCUT2D eigenvalue weighted by molar-refractivity contribution is -0.0859. The number of nitrogens with zero attached hydrogens (tertiary/aromatic N) is 1. The molecule has 1 N–H and O–H groups in total. The van der Waals surface area contributed by atoms with Crippen LogP contribution in [0.2, 0.25) is 0 Å². The zero-order valence-corrected chi connectivity index (χ0v) is 11.6. The molecule has 2 rings (SSSR count). The number of amides is 2. The molecule has 0 aromatic rings. The van der Waals surface area contributed by atoms with Crippen molar-refractivity contribution in [3.8, 4) is 0 Å². The Morgan fingerprint density at radius 3 is 2.72 bits per heavy atom. The number of carbonyl (C=O) groups excluding carboxylic acids is 1. The summed E-state index contributed by atoms with van der Waals surface area (Å²) in [6, 6.07) is -0.160. The minimum atomic E-state index is -0.200. The molecule has 0 aromatic heterocycles. The van der Waals surface area contributed by atoms with Gasteiger partial charge in [-0.05, 0) is 25.3 Å². The van der Waals surface area contributed by atoms with Gasteiger partial charge in [-0.1, -0.05) is 27.4 Å². The van der Waals surface area contributed by atoms with Crippen LogP contribution in [0.4, 0.5) is 4.79 Å². The topological polar surface area (TPSA) is 41.6 Å². The summed E-state index contributed by atoms with van der Waals surface area (Å²) < 4.78 is 6.15. The molecular formula is C14H22N2O2. The number of hydrogen-bond donors (Lipinski definition) is 1. The first kappa shape index (κ1) is 13.1. The van der Waals surface area contributed by atoms with Crippen LogP contribution in [-0.4, -0.2) is 22.8 Å². The van der Waals surface area contributed by atoms with Crippen LogP contribution in [0.25, 0.3) is 0 Å². The molecule has 4 heteroatoms. The second kappa shape index (κ2) is 4.43. The summed E-state index contributed by atoms with van der Waals surface area (Å²) >= 11 is 0. The molecule has 4 nitrogen and oxygen atoms in total. The van der Waals surface area contributed by atoms with Gasteiger partial charge in [-0.25, -0.2) is 4.79 Å². The van der Waals surface area contributed by atoms with Gasteiger partial charge < -0.3 is 10.1 Å². The number of nitrogens with one attached hydrogen (secondary N) is 1. The van der Waals surface area contributed by atoms with Crippen molar-refractivity contribution in [2.45, 2.75) is 45.9 Å². The standard InChI is InChI=1S/C14H22N2O2/c1-6-14(5)11(4)10(3)12(18-14)16-8-7-9(2)15-13(16)17/h7-8,10-12H,2,6H2,1,3-5H3,(H,15,17)/t10?,11?,12-,14-/m1/s1. The number of ether oxygens (including phenoxy) is 1. The van der Waals surface area contributed by atoms with Crippen LogP contribution in [-0.2, 0) is 4.74 Å². The van der Waals surface area contributed by atoms with Crippen molar-refractivity contribution in [1.29, 1.82) is 0 Å². The van der Waals surface area contributed by atoms with Gasteiger partial charge >= 0.3 is 6.03 Å². The maximum atomic E-state index is 12.0. The Balaban J connectivity index is 2.23. The summed E-state index contributed by atoms with van der Waals surface area (Å²) in [7, 11) is 0. The molecule has 4 atom stereocenters. The molecule has 18 heavy (non-hydrogen) atoms. The Kier molecular flexibility index (Phi) is 3.23. The third-order valence-corrected chi connectivity index (χ3v) is 4.51. The molecule has 2 heterocycles. The molecule has 0 spiro atoms. The number of hydrogen-bond acceptors (Lipinski definition) is 2. The monoisotopic (exact) mass is 250 g/mol. The summed E-state index contributed by atoms with van der Waals surface area (Å²) in [4.78, 5) is 13.6. The average molecular weight is 250 g/mol. The van der Waals surface area contributed by atoms with E-state index < -0.39 is 0 Å². The summed E-state index contributed by atoms with van der Waals surface area (Å²) in [6.45, 7) is 12.3. The number of carbonyl (C=O) groups is 1. The molecule has 0 saturated carbocycles. The fourth-order valence-electron chi connectivity index (χ4n) is 2.69. The molecule has 2 aliphatic heterocycles. The van der Waals surface area contributed by atoms with Gasteiger partial charge in [-0.3, -0.25) is 4.90 Å². The van der Waals surface area contributed by atoms with Crippen molar-refractivity contribution >= 4 is 6.03 Å². The largest absolute Gasteiger partial charge is 0.351 e. The number of allylic oxidation sites excluding steroid dienone is 1. The van der Waals surface area contributed by atoms with E-state index in [0.717, 1.165) is 6.42 Å². The first-order valence-corrected chi connectivity index (χ1v) is 6.53. The SMILES string of the molecule is C=C1C=CN([C@@H]2O[C@](C)(CC)C(C)C2C)C(=O)N1. The van der Waals surface area contributed by atoms with Crippen LogP contribution in [0.5, 0.6) is 0 Å². The van der Waals surface area contributed by atoms with Crippen LogP contribution >= 0.6 is 0 Å². The van der Waals surface area contributed by atoms with Gasteiger partial charge in [0.2, 0.25) is 0 Å². The van der Waals surface area contributed by atoms with Gasteiger partial charge in [-0.15, -0.1) is 0 Å². The van der Waals surface area contributed by atoms with E-state index in [1.54, 1.807) is 17.2 Å². The average Bonchev–Trinajstić information content (AvgIpc) is 2.55. The van der Waals surface area contributed by atoms with Crippen molar-refractivity contribution in [2.75, 3.05) is 0 Å². The third kappa shape index (κ3) is 1.94. The molecule has 2 aliphatic rings. The zero-order valence-electron chi connectivity index (χ0n) is 11.6. The Labute approximate surface area is 109 Å². The fourth-order valence-corrected chi connectivity index (χ4v) is 2.69. The highest BCUT2D eigenvalue weighted by Gasteiger charge is 2.49. The first-order valence-electron chi connectivity index (χ1n) is 6.53. The van der Waals surface area contributed by atoms with Crippen LogP contribution in [0.15, 0.2) is 24.6 Å². The lowest BCUT2D eigenvalue weighted by Crippen LogP contribution is -2.47. The van der Waals surface area contributed by atoms with Crippen molar-refractivity contribution in [3.63, 3.8) is 0 Å². The molecule has 0 radical (unpaired) electrons. The van der Waals surface area contributed by atoms with Gasteiger partial charge in [0.05, 0.1) is 5.60 Å². The van der Waals surface area contributed by atoms with Crippen LogP contribution in [0.1, 0.15) is 34.1 Å². The summed E-state index contributed by atoms with van der Waals surface area (Å²) in [5, 5.41) is 2.71. The number of urea groups is 1. The molecule has 0 aromatic carbocycles. The molecule has 1 fully saturated rings. The molecule has 0 bridgehead atoms. The van der Waals surface area contributed by atoms with Gasteiger partial charge in [0.15, 0.2) is 0 Å². The van der Waals surface area contributed by atoms with Gasteiger partial charge in [0.1, 0.15) is 6.23 Å². The Hall–Kier alpha value is -1.29. The smallest absolute Gasteiger partial charge is 0.327 e.